The molecule has 4 aromatic rings. The molecule has 5 rings (SSSR count). The van der Waals surface area contributed by atoms with Crippen molar-refractivity contribution in [2.24, 2.45) is 5.92 Å². The SMILES string of the molecule is CC(C)C[C@@H]1NC(=O)c2coc(n2)[C@H](Cc2ccccc2)NC(=O)CN(C(=O)CCn2cccn2)CCNC(=O)c2csc1n2. The topological polar surface area (TPSA) is 164 Å². The number of fused-ring (bicyclic) bond motifs is 4. The van der Waals surface area contributed by atoms with Crippen LogP contribution in [0.25, 0.3) is 0 Å². The van der Waals surface area contributed by atoms with E-state index in [1.54, 1.807) is 28.5 Å². The average molecular weight is 633 g/mol. The van der Waals surface area contributed by atoms with Crippen LogP contribution in [-0.4, -0.2) is 67.9 Å². The fourth-order valence-corrected chi connectivity index (χ4v) is 5.84. The largest absolute Gasteiger partial charge is 0.446 e. The highest BCUT2D eigenvalue weighted by Crippen LogP contribution is 2.26. The molecule has 0 saturated heterocycles. The smallest absolute Gasteiger partial charge is 0.273 e. The third-order valence-electron chi connectivity index (χ3n) is 7.20. The molecule has 45 heavy (non-hydrogen) atoms. The van der Waals surface area contributed by atoms with Crippen LogP contribution in [0.2, 0.25) is 0 Å². The molecule has 236 valence electrons. The predicted molar refractivity (Wildman–Crippen MR) is 165 cm³/mol. The molecule has 14 heteroatoms. The maximum atomic E-state index is 13.4. The lowest BCUT2D eigenvalue weighted by atomic mass is 10.0. The van der Waals surface area contributed by atoms with Gasteiger partial charge >= 0.3 is 0 Å². The number of carbonyl (C=O) groups excluding carboxylic acids is 4. The van der Waals surface area contributed by atoms with Crippen LogP contribution < -0.4 is 16.0 Å². The Morgan fingerprint density at radius 3 is 2.62 bits per heavy atom. The Balaban J connectivity index is 1.43. The normalized spacial score (nSPS) is 18.1. The molecule has 4 heterocycles. The zero-order chi connectivity index (χ0) is 31.8. The monoisotopic (exact) mass is 632 g/mol. The highest BCUT2D eigenvalue weighted by atomic mass is 32.1. The third kappa shape index (κ3) is 8.62. The minimum absolute atomic E-state index is 0.0529. The van der Waals surface area contributed by atoms with E-state index in [9.17, 15) is 19.2 Å². The average Bonchev–Trinajstić information content (AvgIpc) is 3.81. The van der Waals surface area contributed by atoms with Crippen molar-refractivity contribution in [3.63, 3.8) is 0 Å². The van der Waals surface area contributed by atoms with Crippen LogP contribution in [0.4, 0.5) is 0 Å². The molecule has 3 N–H and O–H groups in total. The second-order valence-corrected chi connectivity index (χ2v) is 12.1. The summed E-state index contributed by atoms with van der Waals surface area (Å²) in [6.07, 6.45) is 5.70. The molecule has 1 aromatic carbocycles. The van der Waals surface area contributed by atoms with Crippen LogP contribution in [0.5, 0.6) is 0 Å². The Morgan fingerprint density at radius 1 is 1.04 bits per heavy atom. The van der Waals surface area contributed by atoms with Crippen molar-refractivity contribution in [1.29, 1.82) is 0 Å². The molecule has 13 nitrogen and oxygen atoms in total. The van der Waals surface area contributed by atoms with E-state index < -0.39 is 29.8 Å². The van der Waals surface area contributed by atoms with Crippen LogP contribution in [0, 0.1) is 5.92 Å². The van der Waals surface area contributed by atoms with E-state index in [2.05, 4.69) is 31.0 Å². The Labute approximate surface area is 264 Å². The maximum absolute atomic E-state index is 13.4. The van der Waals surface area contributed by atoms with Crippen LogP contribution in [0.1, 0.15) is 76.2 Å². The fraction of sp³-hybridized carbons (Fsp3) is 0.387. The van der Waals surface area contributed by atoms with E-state index in [1.807, 2.05) is 44.2 Å². The van der Waals surface area contributed by atoms with Gasteiger partial charge in [0.15, 0.2) is 5.69 Å². The van der Waals surface area contributed by atoms with E-state index in [1.165, 1.54) is 22.5 Å². The number of carbonyl (C=O) groups is 4. The second kappa shape index (κ2) is 14.8. The zero-order valence-electron chi connectivity index (χ0n) is 25.1. The van der Waals surface area contributed by atoms with Crippen molar-refractivity contribution < 1.29 is 23.6 Å². The summed E-state index contributed by atoms with van der Waals surface area (Å²) < 4.78 is 7.39. The molecule has 0 spiro atoms. The molecule has 3 aromatic heterocycles. The first kappa shape index (κ1) is 31.6. The van der Waals surface area contributed by atoms with E-state index >= 15 is 0 Å². The molecule has 0 aliphatic carbocycles. The van der Waals surface area contributed by atoms with E-state index in [0.29, 0.717) is 24.4 Å². The lowest BCUT2D eigenvalue weighted by molar-refractivity contribution is -0.136. The first-order valence-electron chi connectivity index (χ1n) is 14.8. The summed E-state index contributed by atoms with van der Waals surface area (Å²) in [7, 11) is 0. The lowest BCUT2D eigenvalue weighted by Crippen LogP contribution is -2.45. The second-order valence-electron chi connectivity index (χ2n) is 11.2. The molecule has 0 fully saturated rings. The first-order chi connectivity index (χ1) is 21.7. The molecule has 4 bridgehead atoms. The van der Waals surface area contributed by atoms with Gasteiger partial charge in [-0.15, -0.1) is 11.3 Å². The van der Waals surface area contributed by atoms with Gasteiger partial charge in [-0.2, -0.15) is 5.10 Å². The number of nitrogens with one attached hydrogen (secondary N) is 3. The predicted octanol–water partition coefficient (Wildman–Crippen LogP) is 2.91. The molecule has 4 amide bonds. The molecule has 0 radical (unpaired) electrons. The molecule has 1 aliphatic heterocycles. The highest BCUT2D eigenvalue weighted by molar-refractivity contribution is 7.09. The molecule has 0 saturated carbocycles. The van der Waals surface area contributed by atoms with E-state index in [-0.39, 0.29) is 55.2 Å². The van der Waals surface area contributed by atoms with Gasteiger partial charge < -0.3 is 25.3 Å². The number of nitrogens with zero attached hydrogens (tertiary/aromatic N) is 5. The van der Waals surface area contributed by atoms with Gasteiger partial charge in [-0.25, -0.2) is 9.97 Å². The van der Waals surface area contributed by atoms with Crippen LogP contribution in [-0.2, 0) is 22.6 Å². The van der Waals surface area contributed by atoms with E-state index in [0.717, 1.165) is 5.56 Å². The highest BCUT2D eigenvalue weighted by Gasteiger charge is 2.27. The third-order valence-corrected chi connectivity index (χ3v) is 8.16. The maximum Gasteiger partial charge on any atom is 0.273 e. The standard InChI is InChI=1S/C31H36N8O5S/c1-20(2)15-23-31-37-25(19-45-31)28(42)32-11-14-38(27(41)9-13-39-12-6-10-33-39)17-26(40)34-22(16-21-7-4-3-5-8-21)30-36-24(18-44-30)29(43)35-23/h3-8,10,12,18-20,22-23H,9,11,13-17H2,1-2H3,(H,32,42)(H,34,40)(H,35,43)/t22-,23-/m0/s1. The fourth-order valence-electron chi connectivity index (χ4n) is 4.98. The van der Waals surface area contributed by atoms with Gasteiger partial charge in [0.05, 0.1) is 12.6 Å². The number of thiazole rings is 1. The summed E-state index contributed by atoms with van der Waals surface area (Å²) >= 11 is 1.28. The molecule has 1 aliphatic rings. The van der Waals surface area contributed by atoms with Crippen molar-refractivity contribution in [3.05, 3.63) is 88.3 Å². The van der Waals surface area contributed by atoms with Gasteiger partial charge in [-0.05, 0) is 24.0 Å². The van der Waals surface area contributed by atoms with Gasteiger partial charge in [-0.3, -0.25) is 23.9 Å². The minimum Gasteiger partial charge on any atom is -0.446 e. The summed E-state index contributed by atoms with van der Waals surface area (Å²) in [4.78, 5) is 63.4. The Hall–Kier alpha value is -4.85. The molecular weight excluding hydrogens is 596 g/mol. The summed E-state index contributed by atoms with van der Waals surface area (Å²) in [5.74, 6) is -1.20. The van der Waals surface area contributed by atoms with Crippen molar-refractivity contribution in [2.75, 3.05) is 19.6 Å². The van der Waals surface area contributed by atoms with Gasteiger partial charge in [-0.1, -0.05) is 44.2 Å². The number of hydrogen-bond acceptors (Lipinski definition) is 9. The molecule has 2 atom stereocenters. The van der Waals surface area contributed by atoms with Crippen molar-refractivity contribution in [2.45, 2.75) is 51.7 Å². The number of benzene rings is 1. The van der Waals surface area contributed by atoms with Gasteiger partial charge in [0, 0.05) is 50.2 Å². The quantitative estimate of drug-likeness (QED) is 0.280. The number of aryl methyl sites for hydroxylation is 1. The van der Waals surface area contributed by atoms with Crippen molar-refractivity contribution in [3.8, 4) is 0 Å². The van der Waals surface area contributed by atoms with Crippen molar-refractivity contribution in [1.82, 2.24) is 40.6 Å². The summed E-state index contributed by atoms with van der Waals surface area (Å²) in [5, 5.41) is 15.1. The number of aromatic nitrogens is 4. The van der Waals surface area contributed by atoms with Crippen LogP contribution in [0.15, 0.2) is 64.9 Å². The Bertz CT molecular complexity index is 1600. The van der Waals surface area contributed by atoms with Crippen LogP contribution >= 0.6 is 11.3 Å². The minimum atomic E-state index is -0.714. The number of amides is 4. The molecule has 0 unspecified atom stereocenters. The number of rotatable bonds is 7. The van der Waals surface area contributed by atoms with Crippen LogP contribution in [0.3, 0.4) is 0 Å². The van der Waals surface area contributed by atoms with Crippen molar-refractivity contribution >= 4 is 35.0 Å². The number of oxazole rings is 1. The van der Waals surface area contributed by atoms with E-state index in [4.69, 9.17) is 4.42 Å². The van der Waals surface area contributed by atoms with Gasteiger partial charge in [0.25, 0.3) is 11.8 Å². The zero-order valence-corrected chi connectivity index (χ0v) is 26.0. The van der Waals surface area contributed by atoms with Gasteiger partial charge in [0.1, 0.15) is 23.0 Å². The number of hydrogen-bond donors (Lipinski definition) is 3. The lowest BCUT2D eigenvalue weighted by Gasteiger charge is -2.24. The summed E-state index contributed by atoms with van der Waals surface area (Å²) in [6, 6.07) is 10.1. The summed E-state index contributed by atoms with van der Waals surface area (Å²) in [5.41, 5.74) is 1.18. The molecular formula is C31H36N8O5S. The Kier molecular flexibility index (Phi) is 10.3. The van der Waals surface area contributed by atoms with Gasteiger partial charge in [0.2, 0.25) is 17.7 Å². The first-order valence-corrected chi connectivity index (χ1v) is 15.7. The Morgan fingerprint density at radius 2 is 1.87 bits per heavy atom. The summed E-state index contributed by atoms with van der Waals surface area (Å²) in [6.45, 7) is 4.36.